The van der Waals surface area contributed by atoms with Crippen molar-refractivity contribution in [2.24, 2.45) is 0 Å². The number of anilines is 1. The molecule has 1 aromatic rings. The van der Waals surface area contributed by atoms with E-state index < -0.39 is 30.2 Å². The third-order valence-corrected chi connectivity index (χ3v) is 2.69. The van der Waals surface area contributed by atoms with Crippen LogP contribution in [0, 0.1) is 0 Å². The topological polar surface area (TPSA) is 144 Å². The van der Waals surface area contributed by atoms with Crippen LogP contribution in [0.5, 0.6) is 0 Å². The molecule has 0 aliphatic carbocycles. The van der Waals surface area contributed by atoms with E-state index in [0.29, 0.717) is 0 Å². The van der Waals surface area contributed by atoms with Gasteiger partial charge < -0.3 is 25.8 Å². The van der Waals surface area contributed by atoms with Crippen LogP contribution in [0.2, 0.25) is 0 Å². The fraction of sp³-hybridized carbons (Fsp3) is 0.625. The van der Waals surface area contributed by atoms with Crippen molar-refractivity contribution in [3.05, 3.63) is 16.8 Å². The quantitative estimate of drug-likeness (QED) is 0.421. The zero-order chi connectivity index (χ0) is 12.6. The highest BCUT2D eigenvalue weighted by atomic mass is 16.6. The van der Waals surface area contributed by atoms with Gasteiger partial charge in [-0.2, -0.15) is 4.98 Å². The van der Waals surface area contributed by atoms with Gasteiger partial charge in [-0.1, -0.05) is 0 Å². The lowest BCUT2D eigenvalue weighted by atomic mass is 10.1. The fourth-order valence-corrected chi connectivity index (χ4v) is 1.74. The van der Waals surface area contributed by atoms with Crippen molar-refractivity contribution >= 4 is 5.95 Å². The van der Waals surface area contributed by atoms with Crippen molar-refractivity contribution in [1.82, 2.24) is 14.5 Å². The summed E-state index contributed by atoms with van der Waals surface area (Å²) in [5.74, 6) is -0.229. The summed E-state index contributed by atoms with van der Waals surface area (Å²) >= 11 is 0. The number of hydrogen-bond acceptors (Lipinski definition) is 8. The van der Waals surface area contributed by atoms with E-state index in [9.17, 15) is 20.1 Å². The fourth-order valence-electron chi connectivity index (χ4n) is 1.74. The lowest BCUT2D eigenvalue weighted by molar-refractivity contribution is -0.155. The number of aliphatic hydroxyl groups is 3. The summed E-state index contributed by atoms with van der Waals surface area (Å²) in [4.78, 5) is 18.5. The normalized spacial score (nSPS) is 32.9. The van der Waals surface area contributed by atoms with E-state index in [-0.39, 0.29) is 12.6 Å². The maximum absolute atomic E-state index is 11.6. The Morgan fingerprint density at radius 1 is 1.65 bits per heavy atom. The molecule has 2 heterocycles. The second kappa shape index (κ2) is 4.04. The van der Waals surface area contributed by atoms with Crippen LogP contribution < -0.4 is 11.4 Å². The molecule has 9 heteroatoms. The summed E-state index contributed by atoms with van der Waals surface area (Å²) in [6, 6.07) is 0. The molecule has 0 unspecified atom stereocenters. The van der Waals surface area contributed by atoms with Crippen molar-refractivity contribution in [3.8, 4) is 0 Å². The first kappa shape index (κ1) is 11.9. The zero-order valence-electron chi connectivity index (χ0n) is 8.72. The van der Waals surface area contributed by atoms with Crippen molar-refractivity contribution in [1.29, 1.82) is 0 Å². The molecule has 2 rings (SSSR count). The Morgan fingerprint density at radius 3 is 2.82 bits per heavy atom. The number of nitrogens with two attached hydrogens (primary N) is 1. The molecule has 1 aliphatic rings. The SMILES string of the molecule is Nc1ncn([C@@]2(CO)OC[C@@H](O)[C@@H]2O)c(=O)n1. The van der Waals surface area contributed by atoms with Crippen LogP contribution in [-0.2, 0) is 10.5 Å². The van der Waals surface area contributed by atoms with E-state index in [1.54, 1.807) is 0 Å². The third kappa shape index (κ3) is 1.69. The number of hydrogen-bond donors (Lipinski definition) is 4. The van der Waals surface area contributed by atoms with Gasteiger partial charge in [0.2, 0.25) is 11.7 Å². The second-order valence-corrected chi connectivity index (χ2v) is 3.69. The summed E-state index contributed by atoms with van der Waals surface area (Å²) in [7, 11) is 0. The molecule has 1 saturated heterocycles. The highest BCUT2D eigenvalue weighted by Gasteiger charge is 2.51. The average molecular weight is 244 g/mol. The molecule has 94 valence electrons. The lowest BCUT2D eigenvalue weighted by Crippen LogP contribution is -2.53. The molecule has 9 nitrogen and oxygen atoms in total. The van der Waals surface area contributed by atoms with E-state index in [2.05, 4.69) is 9.97 Å². The highest BCUT2D eigenvalue weighted by molar-refractivity contribution is 5.11. The van der Waals surface area contributed by atoms with Crippen LogP contribution in [0.4, 0.5) is 5.95 Å². The van der Waals surface area contributed by atoms with Crippen molar-refractivity contribution in [3.63, 3.8) is 0 Å². The number of nitrogen functional groups attached to an aromatic ring is 1. The molecule has 3 atom stereocenters. The monoisotopic (exact) mass is 244 g/mol. The first-order valence-electron chi connectivity index (χ1n) is 4.84. The van der Waals surface area contributed by atoms with Crippen LogP contribution in [0.15, 0.2) is 11.1 Å². The largest absolute Gasteiger partial charge is 0.391 e. The van der Waals surface area contributed by atoms with Gasteiger partial charge in [0.15, 0.2) is 0 Å². The van der Waals surface area contributed by atoms with E-state index in [1.807, 2.05) is 0 Å². The van der Waals surface area contributed by atoms with E-state index in [1.165, 1.54) is 0 Å². The van der Waals surface area contributed by atoms with Gasteiger partial charge in [0, 0.05) is 0 Å². The van der Waals surface area contributed by atoms with E-state index in [4.69, 9.17) is 10.5 Å². The molecule has 0 amide bonds. The average Bonchev–Trinajstić information content (AvgIpc) is 2.58. The number of rotatable bonds is 2. The number of ether oxygens (including phenoxy) is 1. The summed E-state index contributed by atoms with van der Waals surface area (Å²) in [6.07, 6.45) is -1.66. The van der Waals surface area contributed by atoms with Crippen molar-refractivity contribution in [2.75, 3.05) is 18.9 Å². The maximum atomic E-state index is 11.6. The Bertz CT molecular complexity index is 477. The first-order valence-corrected chi connectivity index (χ1v) is 4.84. The van der Waals surface area contributed by atoms with Crippen LogP contribution in [0.25, 0.3) is 0 Å². The minimum Gasteiger partial charge on any atom is -0.391 e. The van der Waals surface area contributed by atoms with Crippen LogP contribution in [-0.4, -0.2) is 55.3 Å². The van der Waals surface area contributed by atoms with Crippen LogP contribution in [0.1, 0.15) is 0 Å². The van der Waals surface area contributed by atoms with Gasteiger partial charge in [-0.05, 0) is 0 Å². The Morgan fingerprint density at radius 2 is 2.35 bits per heavy atom. The summed E-state index contributed by atoms with van der Waals surface area (Å²) < 4.78 is 5.92. The molecule has 0 spiro atoms. The minimum absolute atomic E-state index is 0.210. The Hall–Kier alpha value is -1.55. The summed E-state index contributed by atoms with van der Waals surface area (Å²) in [5.41, 5.74) is 2.61. The molecule has 1 fully saturated rings. The standard InChI is InChI=1S/C8H12N4O5/c9-6-10-3-12(7(16)11-6)8(2-13)5(15)4(14)1-17-8/h3-5,13-15H,1-2H2,(H2,9,11,16)/t4-,5+,8+/m1/s1. The van der Waals surface area contributed by atoms with Gasteiger partial charge in [0.05, 0.1) is 13.2 Å². The van der Waals surface area contributed by atoms with Gasteiger partial charge in [-0.25, -0.2) is 14.3 Å². The van der Waals surface area contributed by atoms with Gasteiger partial charge >= 0.3 is 5.69 Å². The number of nitrogens with zero attached hydrogens (tertiary/aromatic N) is 3. The van der Waals surface area contributed by atoms with Gasteiger partial charge in [-0.3, -0.25) is 0 Å². The zero-order valence-corrected chi connectivity index (χ0v) is 8.72. The van der Waals surface area contributed by atoms with E-state index >= 15 is 0 Å². The molecule has 1 aromatic heterocycles. The summed E-state index contributed by atoms with van der Waals surface area (Å²) in [6.45, 7) is -0.920. The lowest BCUT2D eigenvalue weighted by Gasteiger charge is -2.30. The number of aliphatic hydroxyl groups excluding tert-OH is 3. The van der Waals surface area contributed by atoms with Gasteiger partial charge in [-0.15, -0.1) is 0 Å². The smallest absolute Gasteiger partial charge is 0.354 e. The molecular weight excluding hydrogens is 232 g/mol. The predicted octanol–water partition coefficient (Wildman–Crippen LogP) is -3.38. The van der Waals surface area contributed by atoms with Crippen molar-refractivity contribution in [2.45, 2.75) is 17.9 Å². The highest BCUT2D eigenvalue weighted by Crippen LogP contribution is 2.29. The summed E-state index contributed by atoms with van der Waals surface area (Å²) in [5, 5.41) is 28.5. The van der Waals surface area contributed by atoms with Crippen LogP contribution in [0.3, 0.4) is 0 Å². The second-order valence-electron chi connectivity index (χ2n) is 3.69. The molecule has 0 saturated carbocycles. The van der Waals surface area contributed by atoms with Crippen LogP contribution >= 0.6 is 0 Å². The first-order chi connectivity index (χ1) is 8.01. The Balaban J connectivity index is 2.53. The molecular formula is C8H12N4O5. The molecule has 1 aliphatic heterocycles. The molecule has 0 radical (unpaired) electrons. The number of aromatic nitrogens is 3. The van der Waals surface area contributed by atoms with Gasteiger partial charge in [0.25, 0.3) is 0 Å². The minimum atomic E-state index is -1.77. The molecule has 17 heavy (non-hydrogen) atoms. The molecule has 0 bridgehead atoms. The van der Waals surface area contributed by atoms with E-state index in [0.717, 1.165) is 10.9 Å². The van der Waals surface area contributed by atoms with Gasteiger partial charge in [0.1, 0.15) is 18.5 Å². The Labute approximate surface area is 95.1 Å². The van der Waals surface area contributed by atoms with Crippen molar-refractivity contribution < 1.29 is 20.1 Å². The third-order valence-electron chi connectivity index (χ3n) is 2.69. The molecule has 0 aromatic carbocycles. The maximum Gasteiger partial charge on any atom is 0.354 e. The predicted molar refractivity (Wildman–Crippen MR) is 53.7 cm³/mol. The Kier molecular flexibility index (Phi) is 2.83. The molecule has 5 N–H and O–H groups in total.